The second-order valence-electron chi connectivity index (χ2n) is 5.75. The van der Waals surface area contributed by atoms with Gasteiger partial charge < -0.3 is 10.2 Å². The SMILES string of the molecule is CCNCC(C)(CC)CN(C)Cc1cccc(Cl)c1. The topological polar surface area (TPSA) is 15.3 Å². The highest BCUT2D eigenvalue weighted by molar-refractivity contribution is 6.30. The fourth-order valence-electron chi connectivity index (χ4n) is 2.37. The molecular formula is C16H27ClN2. The van der Waals surface area contributed by atoms with E-state index in [0.29, 0.717) is 5.41 Å². The van der Waals surface area contributed by atoms with Gasteiger partial charge in [0, 0.05) is 24.7 Å². The van der Waals surface area contributed by atoms with Gasteiger partial charge in [0.1, 0.15) is 0 Å². The van der Waals surface area contributed by atoms with Gasteiger partial charge in [0.05, 0.1) is 0 Å². The molecule has 108 valence electrons. The van der Waals surface area contributed by atoms with Crippen LogP contribution in [0.15, 0.2) is 24.3 Å². The number of hydrogen-bond donors (Lipinski definition) is 1. The smallest absolute Gasteiger partial charge is 0.0409 e. The summed E-state index contributed by atoms with van der Waals surface area (Å²) in [7, 11) is 2.18. The van der Waals surface area contributed by atoms with Crippen molar-refractivity contribution in [2.45, 2.75) is 33.7 Å². The van der Waals surface area contributed by atoms with Crippen molar-refractivity contribution >= 4 is 11.6 Å². The predicted molar refractivity (Wildman–Crippen MR) is 84.7 cm³/mol. The minimum Gasteiger partial charge on any atom is -0.316 e. The molecule has 1 N–H and O–H groups in total. The molecule has 1 aromatic carbocycles. The maximum atomic E-state index is 6.03. The molecule has 3 heteroatoms. The molecule has 0 aliphatic heterocycles. The van der Waals surface area contributed by atoms with Crippen LogP contribution in [0.25, 0.3) is 0 Å². The Balaban J connectivity index is 2.55. The number of halogens is 1. The molecule has 2 nitrogen and oxygen atoms in total. The van der Waals surface area contributed by atoms with Crippen LogP contribution in [0.3, 0.4) is 0 Å². The maximum absolute atomic E-state index is 6.03. The third-order valence-corrected chi connectivity index (χ3v) is 3.88. The van der Waals surface area contributed by atoms with E-state index in [1.54, 1.807) is 0 Å². The van der Waals surface area contributed by atoms with E-state index in [1.807, 2.05) is 18.2 Å². The van der Waals surface area contributed by atoms with Crippen molar-refractivity contribution in [3.63, 3.8) is 0 Å². The van der Waals surface area contributed by atoms with Crippen LogP contribution in [-0.4, -0.2) is 31.6 Å². The van der Waals surface area contributed by atoms with E-state index >= 15 is 0 Å². The van der Waals surface area contributed by atoms with Gasteiger partial charge in [-0.3, -0.25) is 0 Å². The van der Waals surface area contributed by atoms with Crippen LogP contribution in [0.5, 0.6) is 0 Å². The molecule has 1 aromatic rings. The lowest BCUT2D eigenvalue weighted by Crippen LogP contribution is -2.40. The van der Waals surface area contributed by atoms with Crippen LogP contribution in [0, 0.1) is 5.41 Å². The van der Waals surface area contributed by atoms with E-state index in [-0.39, 0.29) is 0 Å². The summed E-state index contributed by atoms with van der Waals surface area (Å²) >= 11 is 6.03. The van der Waals surface area contributed by atoms with E-state index in [4.69, 9.17) is 11.6 Å². The monoisotopic (exact) mass is 282 g/mol. The third-order valence-electron chi connectivity index (χ3n) is 3.65. The van der Waals surface area contributed by atoms with Crippen LogP contribution in [0.2, 0.25) is 5.02 Å². The Morgan fingerprint density at radius 2 is 2.05 bits per heavy atom. The van der Waals surface area contributed by atoms with Crippen LogP contribution < -0.4 is 5.32 Å². The second-order valence-corrected chi connectivity index (χ2v) is 6.18. The summed E-state index contributed by atoms with van der Waals surface area (Å²) in [5, 5.41) is 4.29. The summed E-state index contributed by atoms with van der Waals surface area (Å²) in [6.45, 7) is 10.9. The highest BCUT2D eigenvalue weighted by atomic mass is 35.5. The van der Waals surface area contributed by atoms with Crippen molar-refractivity contribution in [1.82, 2.24) is 10.2 Å². The lowest BCUT2D eigenvalue weighted by molar-refractivity contribution is 0.176. The number of nitrogens with one attached hydrogen (secondary N) is 1. The molecule has 0 aliphatic rings. The first kappa shape index (κ1) is 16.5. The molecule has 0 heterocycles. The zero-order chi connectivity index (χ0) is 14.3. The van der Waals surface area contributed by atoms with Crippen LogP contribution in [0.1, 0.15) is 32.8 Å². The Hall–Kier alpha value is -0.570. The summed E-state index contributed by atoms with van der Waals surface area (Å²) in [4.78, 5) is 2.38. The van der Waals surface area contributed by atoms with Gasteiger partial charge in [0.15, 0.2) is 0 Å². The second kappa shape index (κ2) is 7.88. The van der Waals surface area contributed by atoms with Crippen LogP contribution in [-0.2, 0) is 6.54 Å². The van der Waals surface area contributed by atoms with Crippen molar-refractivity contribution < 1.29 is 0 Å². The summed E-state index contributed by atoms with van der Waals surface area (Å²) < 4.78 is 0. The van der Waals surface area contributed by atoms with Gasteiger partial charge in [-0.2, -0.15) is 0 Å². The molecule has 1 rings (SSSR count). The highest BCUT2D eigenvalue weighted by Gasteiger charge is 2.23. The van der Waals surface area contributed by atoms with Gasteiger partial charge in [0.2, 0.25) is 0 Å². The van der Waals surface area contributed by atoms with Gasteiger partial charge in [-0.25, -0.2) is 0 Å². The molecule has 0 aromatic heterocycles. The molecule has 0 saturated carbocycles. The zero-order valence-electron chi connectivity index (χ0n) is 12.7. The van der Waals surface area contributed by atoms with E-state index in [0.717, 1.165) is 31.2 Å². The van der Waals surface area contributed by atoms with Crippen LogP contribution >= 0.6 is 11.6 Å². The van der Waals surface area contributed by atoms with Crippen LogP contribution in [0.4, 0.5) is 0 Å². The minimum absolute atomic E-state index is 0.323. The quantitative estimate of drug-likeness (QED) is 0.780. The van der Waals surface area contributed by atoms with Gasteiger partial charge >= 0.3 is 0 Å². The molecular weight excluding hydrogens is 256 g/mol. The number of hydrogen-bond acceptors (Lipinski definition) is 2. The summed E-state index contributed by atoms with van der Waals surface area (Å²) in [6, 6.07) is 8.12. The molecule has 1 unspecified atom stereocenters. The Bertz CT molecular complexity index is 381. The fraction of sp³-hybridized carbons (Fsp3) is 0.625. The average molecular weight is 283 g/mol. The van der Waals surface area contributed by atoms with E-state index in [2.05, 4.69) is 44.1 Å². The maximum Gasteiger partial charge on any atom is 0.0409 e. The highest BCUT2D eigenvalue weighted by Crippen LogP contribution is 2.22. The predicted octanol–water partition coefficient (Wildman–Crippen LogP) is 3.80. The Labute approximate surface area is 123 Å². The summed E-state index contributed by atoms with van der Waals surface area (Å²) in [5.74, 6) is 0. The van der Waals surface area contributed by atoms with Crippen molar-refractivity contribution in [2.24, 2.45) is 5.41 Å². The first-order valence-corrected chi connectivity index (χ1v) is 7.50. The third kappa shape index (κ3) is 5.94. The standard InChI is InChI=1S/C16H27ClN2/c1-5-16(3,12-18-6-2)13-19(4)11-14-8-7-9-15(17)10-14/h7-10,18H,5-6,11-13H2,1-4H3. The molecule has 1 atom stereocenters. The van der Waals surface area contributed by atoms with Gasteiger partial charge in [-0.1, -0.05) is 44.5 Å². The molecule has 0 fully saturated rings. The zero-order valence-corrected chi connectivity index (χ0v) is 13.4. The molecule has 0 bridgehead atoms. The van der Waals surface area contributed by atoms with Crippen molar-refractivity contribution in [2.75, 3.05) is 26.7 Å². The largest absolute Gasteiger partial charge is 0.316 e. The molecule has 0 amide bonds. The normalized spacial score (nSPS) is 14.6. The molecule has 0 spiro atoms. The lowest BCUT2D eigenvalue weighted by Gasteiger charge is -2.33. The average Bonchev–Trinajstić information content (AvgIpc) is 2.36. The molecule has 0 radical (unpaired) electrons. The fourth-order valence-corrected chi connectivity index (χ4v) is 2.59. The Morgan fingerprint density at radius 1 is 1.32 bits per heavy atom. The summed E-state index contributed by atoms with van der Waals surface area (Å²) in [6.07, 6.45) is 1.18. The van der Waals surface area contributed by atoms with Crippen molar-refractivity contribution in [1.29, 1.82) is 0 Å². The van der Waals surface area contributed by atoms with Crippen molar-refractivity contribution in [3.05, 3.63) is 34.9 Å². The summed E-state index contributed by atoms with van der Waals surface area (Å²) in [5.41, 5.74) is 1.60. The number of nitrogens with zero attached hydrogens (tertiary/aromatic N) is 1. The van der Waals surface area contributed by atoms with Gasteiger partial charge in [-0.15, -0.1) is 0 Å². The van der Waals surface area contributed by atoms with E-state index in [1.165, 1.54) is 12.0 Å². The van der Waals surface area contributed by atoms with Gasteiger partial charge in [0.25, 0.3) is 0 Å². The van der Waals surface area contributed by atoms with Gasteiger partial charge in [-0.05, 0) is 43.1 Å². The molecule has 0 saturated heterocycles. The minimum atomic E-state index is 0.323. The van der Waals surface area contributed by atoms with E-state index in [9.17, 15) is 0 Å². The first-order valence-electron chi connectivity index (χ1n) is 7.13. The first-order chi connectivity index (χ1) is 8.99. The van der Waals surface area contributed by atoms with E-state index < -0.39 is 0 Å². The number of benzene rings is 1. The Kier molecular flexibility index (Phi) is 6.84. The Morgan fingerprint density at radius 3 is 2.63 bits per heavy atom. The number of rotatable bonds is 8. The van der Waals surface area contributed by atoms with Crippen molar-refractivity contribution in [3.8, 4) is 0 Å². The molecule has 19 heavy (non-hydrogen) atoms. The molecule has 0 aliphatic carbocycles. The lowest BCUT2D eigenvalue weighted by atomic mass is 9.86.